The van der Waals surface area contributed by atoms with Crippen LogP contribution in [0, 0.1) is 6.92 Å². The number of amides is 1. The van der Waals surface area contributed by atoms with Crippen LogP contribution in [0.1, 0.15) is 17.7 Å². The second-order valence-electron chi connectivity index (χ2n) is 6.79. The normalized spacial score (nSPS) is 11.4. The maximum Gasteiger partial charge on any atom is 0.240 e. The lowest BCUT2D eigenvalue weighted by Gasteiger charge is -2.10. The molecule has 3 rings (SSSR count). The molecule has 1 N–H and O–H groups in total. The van der Waals surface area contributed by atoms with Crippen molar-refractivity contribution in [3.8, 4) is 5.69 Å². The largest absolute Gasteiger partial charge is 0.310 e. The third-order valence-corrected chi connectivity index (χ3v) is 6.11. The predicted octanol–water partition coefficient (Wildman–Crippen LogP) is 3.82. The molecule has 0 aliphatic rings. The van der Waals surface area contributed by atoms with E-state index in [4.69, 9.17) is 11.6 Å². The monoisotopic (exact) mass is 431 g/mol. The van der Waals surface area contributed by atoms with Gasteiger partial charge < -0.3 is 5.32 Å². The van der Waals surface area contributed by atoms with E-state index < -0.39 is 21.5 Å². The van der Waals surface area contributed by atoms with Crippen LogP contribution >= 0.6 is 11.6 Å². The van der Waals surface area contributed by atoms with E-state index in [1.807, 2.05) is 30.3 Å². The maximum atomic E-state index is 12.4. The molecule has 0 spiro atoms. The van der Waals surface area contributed by atoms with E-state index in [0.29, 0.717) is 35.1 Å². The lowest BCUT2D eigenvalue weighted by molar-refractivity contribution is -0.113. The van der Waals surface area contributed by atoms with Crippen molar-refractivity contribution in [2.75, 3.05) is 16.8 Å². The number of carbonyl (C=O) groups is 1. The number of benzene rings is 2. The SMILES string of the molecule is Cc1cc(NC(=O)CS(=O)(=O)CCCc2ccccc2)n(-c2cccc(Cl)c2)n1. The van der Waals surface area contributed by atoms with Crippen LogP contribution in [0.15, 0.2) is 60.7 Å². The summed E-state index contributed by atoms with van der Waals surface area (Å²) in [5.74, 6) is -0.800. The lowest BCUT2D eigenvalue weighted by atomic mass is 10.1. The molecule has 0 bridgehead atoms. The molecule has 8 heteroatoms. The number of nitrogens with one attached hydrogen (secondary N) is 1. The summed E-state index contributed by atoms with van der Waals surface area (Å²) in [6.45, 7) is 1.79. The van der Waals surface area contributed by atoms with Crippen LogP contribution in [-0.4, -0.2) is 35.6 Å². The van der Waals surface area contributed by atoms with Crippen LogP contribution in [0.4, 0.5) is 5.82 Å². The van der Waals surface area contributed by atoms with Gasteiger partial charge in [0.05, 0.1) is 17.1 Å². The molecule has 0 saturated heterocycles. The fourth-order valence-electron chi connectivity index (χ4n) is 2.98. The summed E-state index contributed by atoms with van der Waals surface area (Å²) in [7, 11) is -3.51. The van der Waals surface area contributed by atoms with Gasteiger partial charge in [0.25, 0.3) is 0 Å². The van der Waals surface area contributed by atoms with E-state index in [9.17, 15) is 13.2 Å². The number of hydrogen-bond acceptors (Lipinski definition) is 4. The Morgan fingerprint density at radius 1 is 1.10 bits per heavy atom. The minimum Gasteiger partial charge on any atom is -0.310 e. The van der Waals surface area contributed by atoms with Gasteiger partial charge in [-0.1, -0.05) is 48.0 Å². The summed E-state index contributed by atoms with van der Waals surface area (Å²) in [5.41, 5.74) is 2.44. The molecule has 29 heavy (non-hydrogen) atoms. The van der Waals surface area contributed by atoms with Gasteiger partial charge >= 0.3 is 0 Å². The molecule has 1 amide bonds. The molecule has 0 radical (unpaired) electrons. The van der Waals surface area contributed by atoms with Crippen molar-refractivity contribution in [2.45, 2.75) is 19.8 Å². The number of aryl methyl sites for hydroxylation is 2. The molecule has 6 nitrogen and oxygen atoms in total. The Hall–Kier alpha value is -2.64. The van der Waals surface area contributed by atoms with Crippen LogP contribution in [0.2, 0.25) is 5.02 Å². The van der Waals surface area contributed by atoms with Gasteiger partial charge in [0.2, 0.25) is 5.91 Å². The van der Waals surface area contributed by atoms with E-state index in [1.165, 1.54) is 4.68 Å². The number of aromatic nitrogens is 2. The summed E-state index contributed by atoms with van der Waals surface area (Å²) < 4.78 is 26.2. The number of carbonyl (C=O) groups excluding carboxylic acids is 1. The van der Waals surface area contributed by atoms with Crippen molar-refractivity contribution in [3.63, 3.8) is 0 Å². The molecule has 1 aromatic heterocycles. The smallest absolute Gasteiger partial charge is 0.240 e. The highest BCUT2D eigenvalue weighted by Gasteiger charge is 2.18. The summed E-state index contributed by atoms with van der Waals surface area (Å²) in [6.07, 6.45) is 1.13. The molecule has 0 aliphatic heterocycles. The highest BCUT2D eigenvalue weighted by Crippen LogP contribution is 2.20. The maximum absolute atomic E-state index is 12.4. The van der Waals surface area contributed by atoms with Crippen LogP contribution < -0.4 is 5.32 Å². The number of rotatable bonds is 8. The third-order valence-electron chi connectivity index (χ3n) is 4.27. The predicted molar refractivity (Wildman–Crippen MR) is 115 cm³/mol. The Balaban J connectivity index is 1.62. The van der Waals surface area contributed by atoms with E-state index in [0.717, 1.165) is 5.56 Å². The van der Waals surface area contributed by atoms with Gasteiger partial charge in [0, 0.05) is 11.1 Å². The second-order valence-corrected chi connectivity index (χ2v) is 9.41. The Kier molecular flexibility index (Phi) is 6.71. The van der Waals surface area contributed by atoms with Crippen LogP contribution in [0.5, 0.6) is 0 Å². The first-order valence-electron chi connectivity index (χ1n) is 9.19. The molecule has 2 aromatic carbocycles. The van der Waals surface area contributed by atoms with Crippen molar-refractivity contribution in [1.82, 2.24) is 9.78 Å². The molecule has 1 heterocycles. The first kappa shape index (κ1) is 21.1. The fourth-order valence-corrected chi connectivity index (χ4v) is 4.37. The molecule has 0 saturated carbocycles. The Bertz CT molecular complexity index is 1100. The summed E-state index contributed by atoms with van der Waals surface area (Å²) in [5, 5.41) is 7.54. The summed E-state index contributed by atoms with van der Waals surface area (Å²) >= 11 is 6.03. The van der Waals surface area contributed by atoms with Crippen LogP contribution in [0.3, 0.4) is 0 Å². The Morgan fingerprint density at radius 3 is 2.59 bits per heavy atom. The zero-order valence-corrected chi connectivity index (χ0v) is 17.6. The molecule has 3 aromatic rings. The van der Waals surface area contributed by atoms with E-state index >= 15 is 0 Å². The van der Waals surface area contributed by atoms with Gasteiger partial charge in [-0.05, 0) is 43.5 Å². The minimum absolute atomic E-state index is 0.0398. The van der Waals surface area contributed by atoms with Crippen molar-refractivity contribution in [2.24, 2.45) is 0 Å². The Labute approximate surface area is 175 Å². The van der Waals surface area contributed by atoms with Gasteiger partial charge in [0.1, 0.15) is 11.6 Å². The first-order valence-corrected chi connectivity index (χ1v) is 11.4. The molecule has 0 aliphatic carbocycles. The number of nitrogens with zero attached hydrogens (tertiary/aromatic N) is 2. The van der Waals surface area contributed by atoms with E-state index in [1.54, 1.807) is 37.3 Å². The number of anilines is 1. The quantitative estimate of drug-likeness (QED) is 0.587. The topological polar surface area (TPSA) is 81.1 Å². The van der Waals surface area contributed by atoms with Gasteiger partial charge in [-0.3, -0.25) is 4.79 Å². The van der Waals surface area contributed by atoms with Gasteiger partial charge in [-0.2, -0.15) is 5.10 Å². The van der Waals surface area contributed by atoms with Gasteiger partial charge in [0.15, 0.2) is 9.84 Å². The highest BCUT2D eigenvalue weighted by molar-refractivity contribution is 7.92. The molecular formula is C21H22ClN3O3S. The Morgan fingerprint density at radius 2 is 1.86 bits per heavy atom. The minimum atomic E-state index is -3.51. The van der Waals surface area contributed by atoms with Gasteiger partial charge in [-0.25, -0.2) is 13.1 Å². The average molecular weight is 432 g/mol. The fraction of sp³-hybridized carbons (Fsp3) is 0.238. The molecule has 152 valence electrons. The van der Waals surface area contributed by atoms with Crippen LogP contribution in [0.25, 0.3) is 5.69 Å². The molecule has 0 atom stereocenters. The average Bonchev–Trinajstić information content (AvgIpc) is 3.02. The zero-order chi connectivity index (χ0) is 20.9. The van der Waals surface area contributed by atoms with Crippen molar-refractivity contribution in [3.05, 3.63) is 76.9 Å². The van der Waals surface area contributed by atoms with Crippen LogP contribution in [-0.2, 0) is 21.1 Å². The van der Waals surface area contributed by atoms with Crippen molar-refractivity contribution >= 4 is 33.2 Å². The summed E-state index contributed by atoms with van der Waals surface area (Å²) in [4.78, 5) is 12.4. The standard InChI is InChI=1S/C21H22ClN3O3S/c1-16-13-20(25(24-16)19-11-5-10-18(22)14-19)23-21(26)15-29(27,28)12-6-9-17-7-3-2-4-8-17/h2-5,7-8,10-11,13-14H,6,9,12,15H2,1H3,(H,23,26). The van der Waals surface area contributed by atoms with Gasteiger partial charge in [-0.15, -0.1) is 0 Å². The van der Waals surface area contributed by atoms with E-state index in [-0.39, 0.29) is 5.75 Å². The second kappa shape index (κ2) is 9.24. The van der Waals surface area contributed by atoms with Crippen molar-refractivity contribution < 1.29 is 13.2 Å². The number of sulfone groups is 1. The first-order chi connectivity index (χ1) is 13.8. The van der Waals surface area contributed by atoms with Crippen molar-refractivity contribution in [1.29, 1.82) is 0 Å². The molecule has 0 unspecified atom stereocenters. The third kappa shape index (κ3) is 6.17. The lowest BCUT2D eigenvalue weighted by Crippen LogP contribution is -2.26. The molecular weight excluding hydrogens is 410 g/mol. The zero-order valence-electron chi connectivity index (χ0n) is 16.0. The number of hydrogen-bond donors (Lipinski definition) is 1. The molecule has 0 fully saturated rings. The van der Waals surface area contributed by atoms with E-state index in [2.05, 4.69) is 10.4 Å². The number of halogens is 1. The summed E-state index contributed by atoms with van der Waals surface area (Å²) in [6, 6.07) is 18.4. The highest BCUT2D eigenvalue weighted by atomic mass is 35.5.